The van der Waals surface area contributed by atoms with Crippen LogP contribution >= 0.6 is 23.1 Å². The number of thioether (sulfide) groups is 1. The summed E-state index contributed by atoms with van der Waals surface area (Å²) in [5.74, 6) is 0.728. The molecule has 0 atom stereocenters. The lowest BCUT2D eigenvalue weighted by molar-refractivity contribution is -0.137. The molecule has 3 aromatic rings. The zero-order valence-corrected chi connectivity index (χ0v) is 17.9. The van der Waals surface area contributed by atoms with Crippen LogP contribution in [0.2, 0.25) is 0 Å². The number of benzene rings is 2. The third-order valence-corrected chi connectivity index (χ3v) is 6.57. The van der Waals surface area contributed by atoms with Crippen molar-refractivity contribution in [2.45, 2.75) is 49.9 Å². The number of rotatable bonds is 4. The zero-order chi connectivity index (χ0) is 20.5. The maximum absolute atomic E-state index is 12.7. The Morgan fingerprint density at radius 1 is 0.964 bits per heavy atom. The van der Waals surface area contributed by atoms with Gasteiger partial charge in [-0.2, -0.15) is 13.2 Å². The van der Waals surface area contributed by atoms with Gasteiger partial charge < -0.3 is 0 Å². The van der Waals surface area contributed by atoms with Gasteiger partial charge in [0.1, 0.15) is 5.01 Å². The van der Waals surface area contributed by atoms with E-state index in [2.05, 4.69) is 50.9 Å². The number of nitrogens with zero attached hydrogens (tertiary/aromatic N) is 1. The van der Waals surface area contributed by atoms with Gasteiger partial charge in [-0.15, -0.1) is 23.1 Å². The molecule has 0 unspecified atom stereocenters. The van der Waals surface area contributed by atoms with Crippen LogP contribution in [0.5, 0.6) is 0 Å². The van der Waals surface area contributed by atoms with E-state index < -0.39 is 11.7 Å². The Bertz CT molecular complexity index is 951. The highest BCUT2D eigenvalue weighted by atomic mass is 32.2. The Morgan fingerprint density at radius 3 is 2.21 bits per heavy atom. The second kappa shape index (κ2) is 7.91. The number of hydrogen-bond donors (Lipinski definition) is 0. The van der Waals surface area contributed by atoms with Gasteiger partial charge in [0.15, 0.2) is 0 Å². The van der Waals surface area contributed by atoms with Gasteiger partial charge in [0.2, 0.25) is 0 Å². The maximum Gasteiger partial charge on any atom is 0.416 e. The summed E-state index contributed by atoms with van der Waals surface area (Å²) in [6.45, 7) is 8.69. The summed E-state index contributed by atoms with van der Waals surface area (Å²) in [4.78, 5) is 5.84. The largest absolute Gasteiger partial charge is 0.416 e. The lowest BCUT2D eigenvalue weighted by atomic mass is 9.87. The molecule has 148 valence electrons. The van der Waals surface area contributed by atoms with Crippen molar-refractivity contribution in [3.8, 4) is 10.6 Å². The van der Waals surface area contributed by atoms with Crippen molar-refractivity contribution in [1.82, 2.24) is 4.98 Å². The Hall–Kier alpha value is -1.79. The fourth-order valence-corrected chi connectivity index (χ4v) is 4.57. The number of alkyl halides is 3. The molecular weight excluding hydrogens is 399 g/mol. The molecular formula is C22H22F3NS2. The molecule has 0 radical (unpaired) electrons. The molecule has 0 saturated carbocycles. The van der Waals surface area contributed by atoms with Crippen LogP contribution in [0.1, 0.15) is 43.2 Å². The first-order chi connectivity index (χ1) is 13.0. The van der Waals surface area contributed by atoms with E-state index in [1.165, 1.54) is 39.5 Å². The van der Waals surface area contributed by atoms with Gasteiger partial charge in [-0.1, -0.05) is 45.0 Å². The molecule has 0 fully saturated rings. The summed E-state index contributed by atoms with van der Waals surface area (Å²) in [6, 6.07) is 11.7. The van der Waals surface area contributed by atoms with E-state index in [1.54, 1.807) is 11.8 Å². The van der Waals surface area contributed by atoms with Crippen molar-refractivity contribution in [3.63, 3.8) is 0 Å². The molecule has 6 heteroatoms. The number of hydrogen-bond acceptors (Lipinski definition) is 3. The Kier molecular flexibility index (Phi) is 5.92. The van der Waals surface area contributed by atoms with Gasteiger partial charge in [-0.05, 0) is 41.7 Å². The van der Waals surface area contributed by atoms with E-state index in [1.807, 2.05) is 5.38 Å². The normalized spacial score (nSPS) is 12.4. The first kappa shape index (κ1) is 20.9. The van der Waals surface area contributed by atoms with E-state index in [0.717, 1.165) is 28.6 Å². The van der Waals surface area contributed by atoms with Crippen LogP contribution in [-0.2, 0) is 17.3 Å². The van der Waals surface area contributed by atoms with Gasteiger partial charge in [0, 0.05) is 21.6 Å². The lowest BCUT2D eigenvalue weighted by Gasteiger charge is -2.20. The van der Waals surface area contributed by atoms with Gasteiger partial charge >= 0.3 is 6.18 Å². The maximum atomic E-state index is 12.7. The van der Waals surface area contributed by atoms with E-state index >= 15 is 0 Å². The average Bonchev–Trinajstić information content (AvgIpc) is 3.08. The topological polar surface area (TPSA) is 12.9 Å². The molecule has 0 saturated heterocycles. The molecule has 0 bridgehead atoms. The summed E-state index contributed by atoms with van der Waals surface area (Å²) < 4.78 is 38.1. The van der Waals surface area contributed by atoms with Crippen LogP contribution in [0.4, 0.5) is 13.2 Å². The summed E-state index contributed by atoms with van der Waals surface area (Å²) >= 11 is 3.20. The van der Waals surface area contributed by atoms with Crippen LogP contribution in [0, 0.1) is 6.92 Å². The van der Waals surface area contributed by atoms with Gasteiger partial charge in [-0.3, -0.25) is 0 Å². The fourth-order valence-electron chi connectivity index (χ4n) is 2.68. The third-order valence-electron chi connectivity index (χ3n) is 4.44. The predicted octanol–water partition coefficient (Wildman–Crippen LogP) is 7.73. The molecule has 0 N–H and O–H groups in total. The highest BCUT2D eigenvalue weighted by Gasteiger charge is 2.30. The molecule has 0 aliphatic rings. The quantitative estimate of drug-likeness (QED) is 0.400. The molecule has 28 heavy (non-hydrogen) atoms. The summed E-state index contributed by atoms with van der Waals surface area (Å²) in [5, 5.41) is 2.72. The van der Waals surface area contributed by atoms with Crippen molar-refractivity contribution in [1.29, 1.82) is 0 Å². The number of aromatic nitrogens is 1. The van der Waals surface area contributed by atoms with E-state index in [0.29, 0.717) is 5.56 Å². The smallest absolute Gasteiger partial charge is 0.240 e. The molecule has 1 nitrogen and oxygen atoms in total. The third kappa shape index (κ3) is 4.97. The fraction of sp³-hybridized carbons (Fsp3) is 0.318. The summed E-state index contributed by atoms with van der Waals surface area (Å²) in [7, 11) is 0. The predicted molar refractivity (Wildman–Crippen MR) is 112 cm³/mol. The van der Waals surface area contributed by atoms with Crippen LogP contribution in [0.15, 0.2) is 52.7 Å². The average molecular weight is 422 g/mol. The van der Waals surface area contributed by atoms with Gasteiger partial charge in [0.05, 0.1) is 11.3 Å². The first-order valence-electron chi connectivity index (χ1n) is 8.90. The highest BCUT2D eigenvalue weighted by Crippen LogP contribution is 2.34. The minimum Gasteiger partial charge on any atom is -0.240 e. The van der Waals surface area contributed by atoms with Crippen molar-refractivity contribution >= 4 is 23.1 Å². The van der Waals surface area contributed by atoms with Crippen LogP contribution in [0.25, 0.3) is 10.6 Å². The second-order valence-corrected chi connectivity index (χ2v) is 9.61. The number of aryl methyl sites for hydroxylation is 1. The minimum absolute atomic E-state index is 0.0966. The van der Waals surface area contributed by atoms with E-state index in [9.17, 15) is 13.2 Å². The van der Waals surface area contributed by atoms with Crippen molar-refractivity contribution in [2.75, 3.05) is 0 Å². The lowest BCUT2D eigenvalue weighted by Crippen LogP contribution is -2.11. The number of halogens is 3. The summed E-state index contributed by atoms with van der Waals surface area (Å²) in [5.41, 5.74) is 3.63. The molecule has 1 heterocycles. The SMILES string of the molecule is Cc1ccc(C(C)(C)C)cc1SCc1csc(-c2ccc(C(F)(F)F)cc2)n1. The van der Waals surface area contributed by atoms with Crippen molar-refractivity contribution in [3.05, 3.63) is 70.2 Å². The molecule has 0 amide bonds. The standard InChI is InChI=1S/C22H22F3NS2/c1-14-5-8-17(21(2,3)4)11-19(14)27-12-18-13-28-20(26-18)15-6-9-16(10-7-15)22(23,24)25/h5-11,13H,12H2,1-4H3. The molecule has 0 aliphatic heterocycles. The Labute approximate surface area is 172 Å². The minimum atomic E-state index is -4.32. The van der Waals surface area contributed by atoms with E-state index in [-0.39, 0.29) is 5.41 Å². The van der Waals surface area contributed by atoms with Gasteiger partial charge in [0.25, 0.3) is 0 Å². The second-order valence-electron chi connectivity index (χ2n) is 7.74. The molecule has 1 aromatic heterocycles. The van der Waals surface area contributed by atoms with Crippen molar-refractivity contribution in [2.24, 2.45) is 0 Å². The molecule has 3 rings (SSSR count). The summed E-state index contributed by atoms with van der Waals surface area (Å²) in [6.07, 6.45) is -4.32. The van der Waals surface area contributed by atoms with Crippen molar-refractivity contribution < 1.29 is 13.2 Å². The van der Waals surface area contributed by atoms with Gasteiger partial charge in [-0.25, -0.2) is 4.98 Å². The Morgan fingerprint density at radius 2 is 1.61 bits per heavy atom. The number of thiazole rings is 1. The monoisotopic (exact) mass is 421 g/mol. The first-order valence-corrected chi connectivity index (χ1v) is 10.8. The van der Waals surface area contributed by atoms with Crippen LogP contribution < -0.4 is 0 Å². The Balaban J connectivity index is 1.72. The zero-order valence-electron chi connectivity index (χ0n) is 16.2. The van der Waals surface area contributed by atoms with E-state index in [4.69, 9.17) is 0 Å². The molecule has 0 aliphatic carbocycles. The molecule has 0 spiro atoms. The molecule has 2 aromatic carbocycles. The highest BCUT2D eigenvalue weighted by molar-refractivity contribution is 7.98. The van der Waals surface area contributed by atoms with Crippen LogP contribution in [0.3, 0.4) is 0 Å². The van der Waals surface area contributed by atoms with Crippen LogP contribution in [-0.4, -0.2) is 4.98 Å².